The van der Waals surface area contributed by atoms with E-state index in [4.69, 9.17) is 5.11 Å². The van der Waals surface area contributed by atoms with E-state index in [1.807, 2.05) is 0 Å². The molecule has 56 valence electrons. The first-order chi connectivity index (χ1) is 4.63. The summed E-state index contributed by atoms with van der Waals surface area (Å²) in [5, 5.41) is 8.61. The van der Waals surface area contributed by atoms with Crippen LogP contribution in [0.4, 0.5) is 0 Å². The highest BCUT2D eigenvalue weighted by Gasteiger charge is 2.58. The SMILES string of the molecule is CC1(C2CC2C(=O)O)CC1. The molecule has 10 heavy (non-hydrogen) atoms. The van der Waals surface area contributed by atoms with E-state index in [1.54, 1.807) is 0 Å². The van der Waals surface area contributed by atoms with Crippen molar-refractivity contribution in [1.29, 1.82) is 0 Å². The van der Waals surface area contributed by atoms with Crippen molar-refractivity contribution in [3.8, 4) is 0 Å². The van der Waals surface area contributed by atoms with Crippen LogP contribution in [0.15, 0.2) is 0 Å². The van der Waals surface area contributed by atoms with E-state index in [9.17, 15) is 4.79 Å². The molecule has 0 aromatic rings. The number of rotatable bonds is 2. The second-order valence-corrected chi connectivity index (χ2v) is 3.94. The largest absolute Gasteiger partial charge is 0.481 e. The first kappa shape index (κ1) is 6.20. The maximum Gasteiger partial charge on any atom is 0.306 e. The molecule has 0 radical (unpaired) electrons. The monoisotopic (exact) mass is 140 g/mol. The fourth-order valence-electron chi connectivity index (χ4n) is 1.81. The Hall–Kier alpha value is -0.530. The minimum Gasteiger partial charge on any atom is -0.481 e. The highest BCUT2D eigenvalue weighted by Crippen LogP contribution is 2.63. The van der Waals surface area contributed by atoms with Crippen LogP contribution in [0.2, 0.25) is 0 Å². The lowest BCUT2D eigenvalue weighted by molar-refractivity contribution is -0.139. The molecule has 0 heterocycles. The number of hydrogen-bond donors (Lipinski definition) is 1. The van der Waals surface area contributed by atoms with Crippen LogP contribution in [-0.2, 0) is 4.79 Å². The summed E-state index contributed by atoms with van der Waals surface area (Å²) < 4.78 is 0. The summed E-state index contributed by atoms with van der Waals surface area (Å²) >= 11 is 0. The normalized spacial score (nSPS) is 40.9. The zero-order valence-corrected chi connectivity index (χ0v) is 6.13. The fraction of sp³-hybridized carbons (Fsp3) is 0.875. The molecule has 0 aliphatic heterocycles. The average Bonchev–Trinajstić information content (AvgIpc) is 2.54. The summed E-state index contributed by atoms with van der Waals surface area (Å²) in [5.41, 5.74) is 0.434. The second kappa shape index (κ2) is 1.55. The maximum absolute atomic E-state index is 10.4. The first-order valence-electron chi connectivity index (χ1n) is 3.86. The van der Waals surface area contributed by atoms with Gasteiger partial charge in [0.1, 0.15) is 0 Å². The van der Waals surface area contributed by atoms with Gasteiger partial charge in [-0.1, -0.05) is 6.92 Å². The molecule has 2 unspecified atom stereocenters. The van der Waals surface area contributed by atoms with Crippen molar-refractivity contribution in [1.82, 2.24) is 0 Å². The zero-order valence-electron chi connectivity index (χ0n) is 6.13. The van der Waals surface area contributed by atoms with Gasteiger partial charge in [0.2, 0.25) is 0 Å². The van der Waals surface area contributed by atoms with Gasteiger partial charge in [0.05, 0.1) is 5.92 Å². The molecule has 2 fully saturated rings. The van der Waals surface area contributed by atoms with Crippen molar-refractivity contribution in [3.05, 3.63) is 0 Å². The average molecular weight is 140 g/mol. The predicted octanol–water partition coefficient (Wildman–Crippen LogP) is 1.51. The highest BCUT2D eigenvalue weighted by molar-refractivity contribution is 5.73. The van der Waals surface area contributed by atoms with Gasteiger partial charge >= 0.3 is 5.97 Å². The number of carboxylic acid groups (broad SMARTS) is 1. The fourth-order valence-corrected chi connectivity index (χ4v) is 1.81. The smallest absolute Gasteiger partial charge is 0.306 e. The third kappa shape index (κ3) is 0.746. The molecular weight excluding hydrogens is 128 g/mol. The van der Waals surface area contributed by atoms with Gasteiger partial charge in [-0.05, 0) is 30.6 Å². The topological polar surface area (TPSA) is 37.3 Å². The Balaban J connectivity index is 1.96. The van der Waals surface area contributed by atoms with Gasteiger partial charge in [0, 0.05) is 0 Å². The summed E-state index contributed by atoms with van der Waals surface area (Å²) in [4.78, 5) is 10.4. The van der Waals surface area contributed by atoms with Crippen molar-refractivity contribution >= 4 is 5.97 Å². The van der Waals surface area contributed by atoms with Crippen LogP contribution in [0.5, 0.6) is 0 Å². The lowest BCUT2D eigenvalue weighted by atomic mass is 10.0. The van der Waals surface area contributed by atoms with Crippen LogP contribution in [-0.4, -0.2) is 11.1 Å². The zero-order chi connectivity index (χ0) is 7.35. The Morgan fingerprint density at radius 2 is 2.20 bits per heavy atom. The third-order valence-corrected chi connectivity index (χ3v) is 3.04. The summed E-state index contributed by atoms with van der Waals surface area (Å²) in [7, 11) is 0. The molecule has 2 nitrogen and oxygen atoms in total. The van der Waals surface area contributed by atoms with Crippen molar-refractivity contribution < 1.29 is 9.90 Å². The van der Waals surface area contributed by atoms with Crippen LogP contribution in [0.25, 0.3) is 0 Å². The Bertz CT molecular complexity index is 182. The molecule has 2 rings (SSSR count). The van der Waals surface area contributed by atoms with Gasteiger partial charge in [-0.15, -0.1) is 0 Å². The number of hydrogen-bond acceptors (Lipinski definition) is 1. The van der Waals surface area contributed by atoms with Crippen LogP contribution in [0.1, 0.15) is 26.2 Å². The first-order valence-corrected chi connectivity index (χ1v) is 3.86. The Kier molecular flexibility index (Phi) is 0.960. The second-order valence-electron chi connectivity index (χ2n) is 3.94. The van der Waals surface area contributed by atoms with Crippen LogP contribution in [0, 0.1) is 17.3 Å². The van der Waals surface area contributed by atoms with E-state index in [2.05, 4.69) is 6.92 Å². The maximum atomic E-state index is 10.4. The molecular formula is C8H12O2. The molecule has 0 amide bonds. The Morgan fingerprint density at radius 1 is 1.60 bits per heavy atom. The summed E-state index contributed by atoms with van der Waals surface area (Å²) in [6, 6.07) is 0. The Labute approximate surface area is 60.2 Å². The highest BCUT2D eigenvalue weighted by atomic mass is 16.4. The molecule has 2 atom stereocenters. The molecule has 2 aliphatic rings. The predicted molar refractivity (Wildman–Crippen MR) is 36.6 cm³/mol. The van der Waals surface area contributed by atoms with Gasteiger partial charge in [0.15, 0.2) is 0 Å². The van der Waals surface area contributed by atoms with Gasteiger partial charge in [-0.25, -0.2) is 0 Å². The molecule has 0 spiro atoms. The molecule has 2 aliphatic carbocycles. The van der Waals surface area contributed by atoms with Crippen LogP contribution in [0.3, 0.4) is 0 Å². The minimum atomic E-state index is -0.585. The van der Waals surface area contributed by atoms with Gasteiger partial charge < -0.3 is 5.11 Å². The van der Waals surface area contributed by atoms with E-state index in [-0.39, 0.29) is 5.92 Å². The van der Waals surface area contributed by atoms with E-state index in [1.165, 1.54) is 12.8 Å². The van der Waals surface area contributed by atoms with Gasteiger partial charge in [-0.3, -0.25) is 4.79 Å². The van der Waals surface area contributed by atoms with Crippen molar-refractivity contribution in [2.24, 2.45) is 17.3 Å². The van der Waals surface area contributed by atoms with E-state index in [0.29, 0.717) is 11.3 Å². The van der Waals surface area contributed by atoms with Crippen molar-refractivity contribution in [3.63, 3.8) is 0 Å². The molecule has 0 aromatic carbocycles. The quantitative estimate of drug-likeness (QED) is 0.631. The lowest BCUT2D eigenvalue weighted by Gasteiger charge is -2.03. The molecule has 2 saturated carbocycles. The van der Waals surface area contributed by atoms with E-state index >= 15 is 0 Å². The summed E-state index contributed by atoms with van der Waals surface area (Å²) in [6.07, 6.45) is 3.44. The Morgan fingerprint density at radius 3 is 2.50 bits per heavy atom. The molecule has 2 heteroatoms. The lowest BCUT2D eigenvalue weighted by Crippen LogP contribution is -2.05. The van der Waals surface area contributed by atoms with E-state index < -0.39 is 5.97 Å². The van der Waals surface area contributed by atoms with E-state index in [0.717, 1.165) is 6.42 Å². The number of carboxylic acids is 1. The molecule has 0 bridgehead atoms. The molecule has 1 N–H and O–H groups in total. The van der Waals surface area contributed by atoms with Crippen LogP contribution < -0.4 is 0 Å². The third-order valence-electron chi connectivity index (χ3n) is 3.04. The number of aliphatic carboxylic acids is 1. The van der Waals surface area contributed by atoms with Crippen LogP contribution >= 0.6 is 0 Å². The van der Waals surface area contributed by atoms with Crippen molar-refractivity contribution in [2.75, 3.05) is 0 Å². The minimum absolute atomic E-state index is 0.00694. The number of carbonyl (C=O) groups is 1. The van der Waals surface area contributed by atoms with Gasteiger partial charge in [0.25, 0.3) is 0 Å². The molecule has 0 aromatic heterocycles. The summed E-state index contributed by atoms with van der Waals surface area (Å²) in [5.74, 6) is -0.0596. The van der Waals surface area contributed by atoms with Crippen molar-refractivity contribution in [2.45, 2.75) is 26.2 Å². The summed E-state index contributed by atoms with van der Waals surface area (Å²) in [6.45, 7) is 2.21. The van der Waals surface area contributed by atoms with Gasteiger partial charge in [-0.2, -0.15) is 0 Å². The standard InChI is InChI=1S/C8H12O2/c1-8(2-3-8)6-4-5(6)7(9)10/h5-6H,2-4H2,1H3,(H,9,10). The molecule has 0 saturated heterocycles.